The Hall–Kier alpha value is -4.62. The van der Waals surface area contributed by atoms with Crippen molar-refractivity contribution in [2.45, 2.75) is 12.5 Å². The molecule has 37 heavy (non-hydrogen) atoms. The number of allylic oxidation sites excluding steroid dienone is 4. The molecule has 1 atom stereocenters. The summed E-state index contributed by atoms with van der Waals surface area (Å²) in [6.45, 7) is 0. The molecule has 172 valence electrons. The van der Waals surface area contributed by atoms with Gasteiger partial charge in [0.2, 0.25) is 0 Å². The molecule has 0 radical (unpaired) electrons. The van der Waals surface area contributed by atoms with Crippen LogP contribution in [0.3, 0.4) is 0 Å². The van der Waals surface area contributed by atoms with Crippen LogP contribution in [-0.2, 0) is 0 Å². The van der Waals surface area contributed by atoms with Crippen molar-refractivity contribution in [2.24, 2.45) is 0 Å². The molecule has 0 saturated carbocycles. The molecule has 0 aliphatic heterocycles. The molecule has 5 aromatic carbocycles. The lowest BCUT2D eigenvalue weighted by molar-refractivity contribution is 0.648. The van der Waals surface area contributed by atoms with Gasteiger partial charge >= 0.3 is 0 Å². The molecule has 0 spiro atoms. The van der Waals surface area contributed by atoms with Gasteiger partial charge in [-0.05, 0) is 67.6 Å². The monoisotopic (exact) mass is 469 g/mol. The molecule has 1 unspecified atom stereocenters. The average Bonchev–Trinajstić information content (AvgIpc) is 3.43. The molecule has 0 saturated heterocycles. The summed E-state index contributed by atoms with van der Waals surface area (Å²) in [6, 6.07) is 36.6. The standard InChI is InChI=1S/C36H23N/c1-3-10-22(11-4-1)31-28-17-9-12-23-18-20-29-35(32(23)28)36-30(37(29)24-13-5-2-6-14-24)21-19-27-25-15-7-8-16-26(25)33(31)34(27)36/h1-13,15-21,24H,14H2. The molecular weight excluding hydrogens is 446 g/mol. The van der Waals surface area contributed by atoms with E-state index in [1.54, 1.807) is 0 Å². The number of rotatable bonds is 2. The van der Waals surface area contributed by atoms with E-state index in [0.29, 0.717) is 6.04 Å². The van der Waals surface area contributed by atoms with Gasteiger partial charge in [-0.1, -0.05) is 109 Å². The van der Waals surface area contributed by atoms with Crippen molar-refractivity contribution < 1.29 is 0 Å². The van der Waals surface area contributed by atoms with Crippen molar-refractivity contribution in [3.8, 4) is 22.3 Å². The summed E-state index contributed by atoms with van der Waals surface area (Å²) in [5.74, 6) is 0. The highest BCUT2D eigenvalue weighted by molar-refractivity contribution is 6.38. The summed E-state index contributed by atoms with van der Waals surface area (Å²) in [6.07, 6.45) is 10.0. The molecule has 3 aliphatic rings. The first kappa shape index (κ1) is 19.6. The van der Waals surface area contributed by atoms with Gasteiger partial charge in [0.25, 0.3) is 0 Å². The predicted molar refractivity (Wildman–Crippen MR) is 158 cm³/mol. The average molecular weight is 470 g/mol. The van der Waals surface area contributed by atoms with Crippen LogP contribution in [0.5, 0.6) is 0 Å². The highest BCUT2D eigenvalue weighted by Gasteiger charge is 2.29. The molecule has 1 aromatic heterocycles. The Morgan fingerprint density at radius 1 is 0.514 bits per heavy atom. The first-order valence-corrected chi connectivity index (χ1v) is 13.2. The Kier molecular flexibility index (Phi) is 3.69. The van der Waals surface area contributed by atoms with Crippen LogP contribution in [0.25, 0.3) is 76.4 Å². The lowest BCUT2D eigenvalue weighted by atomic mass is 9.92. The number of nitrogens with zero attached hydrogens (tertiary/aromatic N) is 1. The van der Waals surface area contributed by atoms with E-state index in [1.807, 2.05) is 0 Å². The number of hydrogen-bond acceptors (Lipinski definition) is 0. The zero-order valence-corrected chi connectivity index (χ0v) is 20.3. The second kappa shape index (κ2) is 6.99. The summed E-state index contributed by atoms with van der Waals surface area (Å²) in [5, 5.41) is 10.9. The van der Waals surface area contributed by atoms with Crippen LogP contribution in [0.1, 0.15) is 12.5 Å². The van der Waals surface area contributed by atoms with Gasteiger partial charge in [0, 0.05) is 16.3 Å². The molecule has 1 nitrogen and oxygen atoms in total. The molecule has 1 heterocycles. The molecule has 0 amide bonds. The van der Waals surface area contributed by atoms with Crippen LogP contribution in [-0.4, -0.2) is 4.57 Å². The minimum Gasteiger partial charge on any atom is -0.333 e. The van der Waals surface area contributed by atoms with E-state index < -0.39 is 0 Å². The molecule has 0 bridgehead atoms. The fourth-order valence-corrected chi connectivity index (χ4v) is 7.18. The van der Waals surface area contributed by atoms with Gasteiger partial charge in [-0.25, -0.2) is 0 Å². The van der Waals surface area contributed by atoms with E-state index in [4.69, 9.17) is 0 Å². The summed E-state index contributed by atoms with van der Waals surface area (Å²) < 4.78 is 2.59. The molecule has 1 heteroatoms. The third kappa shape index (κ3) is 2.39. The van der Waals surface area contributed by atoms with Crippen LogP contribution < -0.4 is 0 Å². The Bertz CT molecular complexity index is 2160. The SMILES string of the molecule is C1=CCC(n2c3ccc4c5c3c3c6c(cccc6c(-c6ccccc6)c-5c5ccccc54)ccc32)C=C1. The first-order valence-electron chi connectivity index (χ1n) is 13.2. The van der Waals surface area contributed by atoms with Gasteiger partial charge in [0.15, 0.2) is 0 Å². The Morgan fingerprint density at radius 2 is 1.27 bits per heavy atom. The fourth-order valence-electron chi connectivity index (χ4n) is 7.18. The van der Waals surface area contributed by atoms with E-state index in [0.717, 1.165) is 6.42 Å². The predicted octanol–water partition coefficient (Wildman–Crippen LogP) is 9.96. The highest BCUT2D eigenvalue weighted by Crippen LogP contribution is 2.55. The second-order valence-electron chi connectivity index (χ2n) is 10.4. The van der Waals surface area contributed by atoms with Crippen LogP contribution >= 0.6 is 0 Å². The van der Waals surface area contributed by atoms with Crippen LogP contribution in [0.2, 0.25) is 0 Å². The maximum Gasteiger partial charge on any atom is 0.0560 e. The summed E-state index contributed by atoms with van der Waals surface area (Å²) in [7, 11) is 0. The largest absolute Gasteiger partial charge is 0.333 e. The lowest BCUT2D eigenvalue weighted by Crippen LogP contribution is -2.06. The quantitative estimate of drug-likeness (QED) is 0.237. The summed E-state index contributed by atoms with van der Waals surface area (Å²) in [5.41, 5.74) is 8.07. The van der Waals surface area contributed by atoms with Crippen molar-refractivity contribution in [1.29, 1.82) is 0 Å². The van der Waals surface area contributed by atoms with Crippen molar-refractivity contribution in [3.05, 3.63) is 121 Å². The van der Waals surface area contributed by atoms with Gasteiger partial charge in [-0.15, -0.1) is 0 Å². The molecule has 3 aliphatic carbocycles. The molecule has 0 fully saturated rings. The molecule has 6 aromatic rings. The summed E-state index contributed by atoms with van der Waals surface area (Å²) >= 11 is 0. The van der Waals surface area contributed by atoms with E-state index in [9.17, 15) is 0 Å². The third-order valence-corrected chi connectivity index (χ3v) is 8.58. The number of aromatic nitrogens is 1. The number of benzene rings is 5. The van der Waals surface area contributed by atoms with E-state index in [2.05, 4.69) is 126 Å². The Morgan fingerprint density at radius 3 is 2.14 bits per heavy atom. The summed E-state index contributed by atoms with van der Waals surface area (Å²) in [4.78, 5) is 0. The van der Waals surface area contributed by atoms with Crippen molar-refractivity contribution >= 4 is 54.1 Å². The minimum absolute atomic E-state index is 0.317. The van der Waals surface area contributed by atoms with Crippen LogP contribution in [0, 0.1) is 0 Å². The van der Waals surface area contributed by atoms with E-state index in [1.165, 1.54) is 76.4 Å². The van der Waals surface area contributed by atoms with Crippen molar-refractivity contribution in [2.75, 3.05) is 0 Å². The van der Waals surface area contributed by atoms with Gasteiger partial charge in [-0.2, -0.15) is 0 Å². The normalized spacial score (nSPS) is 16.1. The Balaban J connectivity index is 1.64. The molecule has 0 N–H and O–H groups in total. The van der Waals surface area contributed by atoms with E-state index in [-0.39, 0.29) is 0 Å². The highest BCUT2D eigenvalue weighted by atomic mass is 15.0. The van der Waals surface area contributed by atoms with Gasteiger partial charge in [0.1, 0.15) is 0 Å². The number of hydrogen-bond donors (Lipinski definition) is 0. The van der Waals surface area contributed by atoms with Gasteiger partial charge < -0.3 is 4.57 Å². The number of fused-ring (bicyclic) bond motifs is 3. The third-order valence-electron chi connectivity index (χ3n) is 8.58. The zero-order chi connectivity index (χ0) is 24.1. The smallest absolute Gasteiger partial charge is 0.0560 e. The van der Waals surface area contributed by atoms with Crippen LogP contribution in [0.4, 0.5) is 0 Å². The van der Waals surface area contributed by atoms with Gasteiger partial charge in [-0.3, -0.25) is 0 Å². The second-order valence-corrected chi connectivity index (χ2v) is 10.4. The fraction of sp³-hybridized carbons (Fsp3) is 0.0556. The molecular formula is C36H23N. The lowest BCUT2D eigenvalue weighted by Gasteiger charge is -2.19. The minimum atomic E-state index is 0.317. The Labute approximate surface area is 214 Å². The van der Waals surface area contributed by atoms with Gasteiger partial charge in [0.05, 0.1) is 17.1 Å². The van der Waals surface area contributed by atoms with Crippen molar-refractivity contribution in [3.63, 3.8) is 0 Å². The molecule has 9 rings (SSSR count). The first-order chi connectivity index (χ1) is 18.4. The zero-order valence-electron chi connectivity index (χ0n) is 20.3. The maximum atomic E-state index is 2.59. The topological polar surface area (TPSA) is 4.93 Å². The van der Waals surface area contributed by atoms with Crippen LogP contribution in [0.15, 0.2) is 121 Å². The van der Waals surface area contributed by atoms with E-state index >= 15 is 0 Å². The van der Waals surface area contributed by atoms with Crippen molar-refractivity contribution in [1.82, 2.24) is 4.57 Å². The maximum absolute atomic E-state index is 2.59.